The molecule has 1 aromatic rings. The average molecular weight is 204 g/mol. The van der Waals surface area contributed by atoms with Crippen LogP contribution in [0.5, 0.6) is 5.88 Å². The number of methoxy groups -OCH3 is 1. The summed E-state index contributed by atoms with van der Waals surface area (Å²) >= 11 is 5.54. The number of nitrogens with two attached hydrogens (primary N) is 1. The molecule has 0 aromatic carbocycles. The molecule has 6 heteroatoms. The predicted octanol–water partition coefficient (Wildman–Crippen LogP) is 0.737. The van der Waals surface area contributed by atoms with E-state index < -0.39 is 0 Å². The van der Waals surface area contributed by atoms with Crippen LogP contribution in [0.1, 0.15) is 0 Å². The van der Waals surface area contributed by atoms with E-state index in [0.717, 1.165) is 0 Å². The summed E-state index contributed by atoms with van der Waals surface area (Å²) in [6.45, 7) is 0.862. The molecule has 0 spiro atoms. The summed E-state index contributed by atoms with van der Waals surface area (Å²) in [5, 5.41) is 7.50. The zero-order valence-electron chi connectivity index (χ0n) is 7.16. The number of hydrogen-bond donors (Lipinski definition) is 1. The molecule has 1 rings (SSSR count). The molecule has 0 bridgehead atoms. The summed E-state index contributed by atoms with van der Waals surface area (Å²) in [6, 6.07) is 1.48. The highest BCUT2D eigenvalue weighted by Crippen LogP contribution is 2.18. The van der Waals surface area contributed by atoms with Crippen LogP contribution in [-0.4, -0.2) is 30.5 Å². The van der Waals surface area contributed by atoms with Crippen molar-refractivity contribution in [3.05, 3.63) is 11.2 Å². The fourth-order valence-electron chi connectivity index (χ4n) is 0.704. The van der Waals surface area contributed by atoms with Gasteiger partial charge in [0.25, 0.3) is 5.88 Å². The Morgan fingerprint density at radius 2 is 2.23 bits per heavy atom. The van der Waals surface area contributed by atoms with Crippen molar-refractivity contribution in [3.63, 3.8) is 0 Å². The Kier molecular flexibility index (Phi) is 3.72. The molecule has 0 radical (unpaired) electrons. The van der Waals surface area contributed by atoms with Crippen LogP contribution in [-0.2, 0) is 4.74 Å². The van der Waals surface area contributed by atoms with E-state index in [2.05, 4.69) is 10.2 Å². The SMILES string of the molecule is COCCOc1nnc(Cl)cc1N. The zero-order chi connectivity index (χ0) is 9.68. The number of hydrogen-bond acceptors (Lipinski definition) is 5. The van der Waals surface area contributed by atoms with Crippen LogP contribution >= 0.6 is 11.6 Å². The van der Waals surface area contributed by atoms with Crippen LogP contribution in [0.3, 0.4) is 0 Å². The van der Waals surface area contributed by atoms with Crippen molar-refractivity contribution in [1.82, 2.24) is 10.2 Å². The standard InChI is InChI=1S/C7H10ClN3O2/c1-12-2-3-13-7-5(9)4-6(8)10-11-7/h4H,2-3H2,1H3,(H2,9,10). The topological polar surface area (TPSA) is 70.3 Å². The maximum Gasteiger partial charge on any atom is 0.257 e. The second-order valence-corrected chi connectivity index (χ2v) is 2.66. The van der Waals surface area contributed by atoms with Crippen LogP contribution in [0.15, 0.2) is 6.07 Å². The molecule has 0 aliphatic heterocycles. The van der Waals surface area contributed by atoms with Gasteiger partial charge < -0.3 is 15.2 Å². The normalized spacial score (nSPS) is 10.0. The minimum Gasteiger partial charge on any atom is -0.473 e. The monoisotopic (exact) mass is 203 g/mol. The second-order valence-electron chi connectivity index (χ2n) is 2.27. The van der Waals surface area contributed by atoms with E-state index in [1.165, 1.54) is 6.07 Å². The Balaban J connectivity index is 2.56. The van der Waals surface area contributed by atoms with Crippen molar-refractivity contribution in [2.75, 3.05) is 26.1 Å². The minimum atomic E-state index is 0.247. The molecule has 0 saturated carbocycles. The molecule has 0 fully saturated rings. The zero-order valence-corrected chi connectivity index (χ0v) is 7.91. The lowest BCUT2D eigenvalue weighted by atomic mass is 10.5. The van der Waals surface area contributed by atoms with Crippen molar-refractivity contribution in [2.24, 2.45) is 0 Å². The molecule has 0 unspecified atom stereocenters. The third kappa shape index (κ3) is 3.04. The van der Waals surface area contributed by atoms with E-state index >= 15 is 0 Å². The summed E-state index contributed by atoms with van der Waals surface area (Å²) in [6.07, 6.45) is 0. The Morgan fingerprint density at radius 3 is 2.85 bits per heavy atom. The number of ether oxygens (including phenoxy) is 2. The van der Waals surface area contributed by atoms with E-state index in [9.17, 15) is 0 Å². The molecular formula is C7H10ClN3O2. The van der Waals surface area contributed by atoms with Gasteiger partial charge in [-0.2, -0.15) is 0 Å². The third-order valence-corrected chi connectivity index (χ3v) is 1.47. The Bertz CT molecular complexity index is 282. The first-order chi connectivity index (χ1) is 6.24. The van der Waals surface area contributed by atoms with Gasteiger partial charge in [0.2, 0.25) is 0 Å². The van der Waals surface area contributed by atoms with Crippen LogP contribution in [0.2, 0.25) is 5.15 Å². The summed E-state index contributed by atoms with van der Waals surface area (Å²) in [4.78, 5) is 0. The minimum absolute atomic E-state index is 0.247. The first kappa shape index (κ1) is 10.0. The van der Waals surface area contributed by atoms with Crippen LogP contribution < -0.4 is 10.5 Å². The molecule has 13 heavy (non-hydrogen) atoms. The lowest BCUT2D eigenvalue weighted by Gasteiger charge is -2.05. The summed E-state index contributed by atoms with van der Waals surface area (Å²) in [5.41, 5.74) is 5.92. The Labute approximate surface area is 80.8 Å². The molecule has 72 valence electrons. The van der Waals surface area contributed by atoms with Gasteiger partial charge >= 0.3 is 0 Å². The van der Waals surface area contributed by atoms with E-state index in [4.69, 9.17) is 26.8 Å². The first-order valence-corrected chi connectivity index (χ1v) is 4.02. The highest BCUT2D eigenvalue weighted by molar-refractivity contribution is 6.29. The first-order valence-electron chi connectivity index (χ1n) is 3.64. The number of rotatable bonds is 4. The molecule has 1 aromatic heterocycles. The van der Waals surface area contributed by atoms with Crippen molar-refractivity contribution in [1.29, 1.82) is 0 Å². The molecule has 0 aliphatic carbocycles. The molecule has 0 amide bonds. The predicted molar refractivity (Wildman–Crippen MR) is 48.8 cm³/mol. The van der Waals surface area contributed by atoms with Crippen LogP contribution in [0.4, 0.5) is 5.69 Å². The van der Waals surface area contributed by atoms with Gasteiger partial charge in [0.05, 0.1) is 12.3 Å². The number of halogens is 1. The van der Waals surface area contributed by atoms with Gasteiger partial charge in [0.1, 0.15) is 6.61 Å². The van der Waals surface area contributed by atoms with E-state index in [-0.39, 0.29) is 11.0 Å². The second kappa shape index (κ2) is 4.84. The number of nitrogens with zero attached hydrogens (tertiary/aromatic N) is 2. The fraction of sp³-hybridized carbons (Fsp3) is 0.429. The lowest BCUT2D eigenvalue weighted by Crippen LogP contribution is -2.07. The lowest BCUT2D eigenvalue weighted by molar-refractivity contribution is 0.143. The average Bonchev–Trinajstić information content (AvgIpc) is 2.09. The number of aromatic nitrogens is 2. The highest BCUT2D eigenvalue weighted by Gasteiger charge is 2.03. The van der Waals surface area contributed by atoms with E-state index in [1.54, 1.807) is 7.11 Å². The molecule has 0 aliphatic rings. The summed E-state index contributed by atoms with van der Waals surface area (Å²) in [7, 11) is 1.58. The maximum atomic E-state index is 5.55. The largest absolute Gasteiger partial charge is 0.473 e. The maximum absolute atomic E-state index is 5.55. The summed E-state index contributed by atoms with van der Waals surface area (Å²) < 4.78 is 9.94. The van der Waals surface area contributed by atoms with Crippen molar-refractivity contribution < 1.29 is 9.47 Å². The molecule has 5 nitrogen and oxygen atoms in total. The van der Waals surface area contributed by atoms with Gasteiger partial charge in [0.15, 0.2) is 5.15 Å². The van der Waals surface area contributed by atoms with Crippen LogP contribution in [0.25, 0.3) is 0 Å². The van der Waals surface area contributed by atoms with Gasteiger partial charge in [-0.15, -0.1) is 10.2 Å². The Hall–Kier alpha value is -1.07. The van der Waals surface area contributed by atoms with Crippen molar-refractivity contribution >= 4 is 17.3 Å². The third-order valence-electron chi connectivity index (χ3n) is 1.28. The van der Waals surface area contributed by atoms with Gasteiger partial charge in [0, 0.05) is 13.2 Å². The van der Waals surface area contributed by atoms with Gasteiger partial charge in [-0.25, -0.2) is 0 Å². The molecular weight excluding hydrogens is 194 g/mol. The molecule has 0 saturated heterocycles. The summed E-state index contributed by atoms with van der Waals surface area (Å²) in [5.74, 6) is 0.279. The fourth-order valence-corrected chi connectivity index (χ4v) is 0.859. The van der Waals surface area contributed by atoms with Crippen LogP contribution in [0, 0.1) is 0 Å². The molecule has 2 N–H and O–H groups in total. The smallest absolute Gasteiger partial charge is 0.257 e. The highest BCUT2D eigenvalue weighted by atomic mass is 35.5. The molecule has 1 heterocycles. The quantitative estimate of drug-likeness (QED) is 0.731. The van der Waals surface area contributed by atoms with E-state index in [1.807, 2.05) is 0 Å². The van der Waals surface area contributed by atoms with E-state index in [0.29, 0.717) is 18.9 Å². The van der Waals surface area contributed by atoms with Crippen molar-refractivity contribution in [3.8, 4) is 5.88 Å². The van der Waals surface area contributed by atoms with Gasteiger partial charge in [-0.1, -0.05) is 11.6 Å². The number of nitrogen functional groups attached to an aromatic ring is 1. The Morgan fingerprint density at radius 1 is 1.46 bits per heavy atom. The van der Waals surface area contributed by atoms with Crippen molar-refractivity contribution in [2.45, 2.75) is 0 Å². The molecule has 0 atom stereocenters. The number of anilines is 1. The van der Waals surface area contributed by atoms with Gasteiger partial charge in [-0.3, -0.25) is 0 Å². The van der Waals surface area contributed by atoms with Gasteiger partial charge in [-0.05, 0) is 0 Å².